The molecule has 2 aromatic carbocycles. The number of aryl methyl sites for hydroxylation is 2. The summed E-state index contributed by atoms with van der Waals surface area (Å²) in [5.41, 5.74) is 5.09. The van der Waals surface area contributed by atoms with E-state index in [-0.39, 0.29) is 0 Å². The molecular formula is C32H16Br4S6. The lowest BCUT2D eigenvalue weighted by Gasteiger charge is -1.98. The minimum Gasteiger partial charge on any atom is -0.133 e. The van der Waals surface area contributed by atoms with Crippen LogP contribution >= 0.6 is 132 Å². The summed E-state index contributed by atoms with van der Waals surface area (Å²) in [5, 5.41) is 0. The normalized spacial score (nSPS) is 12.0. The van der Waals surface area contributed by atoms with E-state index in [4.69, 9.17) is 0 Å². The highest BCUT2D eigenvalue weighted by atomic mass is 79.9. The van der Waals surface area contributed by atoms with Crippen LogP contribution in [0.4, 0.5) is 0 Å². The molecule has 8 rings (SSSR count). The van der Waals surface area contributed by atoms with E-state index in [9.17, 15) is 0 Å². The van der Waals surface area contributed by atoms with E-state index >= 15 is 0 Å². The number of hydrogen-bond acceptors (Lipinski definition) is 6. The molecule has 0 aliphatic rings. The van der Waals surface area contributed by atoms with Crippen molar-refractivity contribution < 1.29 is 0 Å². The van der Waals surface area contributed by atoms with Crippen LogP contribution in [0.15, 0.2) is 78.6 Å². The predicted octanol–water partition coefficient (Wildman–Crippen LogP) is 15.9. The first kappa shape index (κ1) is 28.8. The third-order valence-corrected chi connectivity index (χ3v) is 19.7. The van der Waals surface area contributed by atoms with Gasteiger partial charge in [0.1, 0.15) is 0 Å². The smallest absolute Gasteiger partial charge is 0.0651 e. The van der Waals surface area contributed by atoms with Crippen LogP contribution in [0.2, 0.25) is 0 Å². The van der Waals surface area contributed by atoms with Gasteiger partial charge >= 0.3 is 0 Å². The van der Waals surface area contributed by atoms with E-state index < -0.39 is 0 Å². The first-order chi connectivity index (χ1) is 20.3. The molecule has 6 heterocycles. The van der Waals surface area contributed by atoms with Crippen molar-refractivity contribution in [1.29, 1.82) is 0 Å². The van der Waals surface area contributed by atoms with Gasteiger partial charge in [0, 0.05) is 18.7 Å². The second-order valence-corrected chi connectivity index (χ2v) is 19.5. The molecule has 0 N–H and O–H groups in total. The molecule has 208 valence electrons. The van der Waals surface area contributed by atoms with Gasteiger partial charge in [0.2, 0.25) is 0 Å². The first-order valence-corrected chi connectivity index (χ1v) is 20.8. The van der Waals surface area contributed by atoms with Crippen molar-refractivity contribution in [1.82, 2.24) is 0 Å². The first-order valence-electron chi connectivity index (χ1n) is 12.8. The zero-order valence-electron chi connectivity index (χ0n) is 21.7. The Morgan fingerprint density at radius 2 is 0.762 bits per heavy atom. The van der Waals surface area contributed by atoms with Crippen molar-refractivity contribution in [3.8, 4) is 40.4 Å². The van der Waals surface area contributed by atoms with Crippen LogP contribution in [-0.2, 0) is 0 Å². The third-order valence-electron chi connectivity index (χ3n) is 7.10. The van der Waals surface area contributed by atoms with Crippen LogP contribution < -0.4 is 0 Å². The molecule has 0 aliphatic heterocycles. The molecule has 0 saturated heterocycles. The summed E-state index contributed by atoms with van der Waals surface area (Å²) >= 11 is 27.2. The van der Waals surface area contributed by atoms with Crippen LogP contribution in [-0.4, -0.2) is 0 Å². The van der Waals surface area contributed by atoms with Gasteiger partial charge < -0.3 is 0 Å². The van der Waals surface area contributed by atoms with Gasteiger partial charge in [-0.15, -0.1) is 68.0 Å². The summed E-state index contributed by atoms with van der Waals surface area (Å²) in [6.07, 6.45) is 0. The summed E-state index contributed by atoms with van der Waals surface area (Å²) in [6.45, 7) is 4.26. The molecule has 0 atom stereocenters. The maximum atomic E-state index is 4.02. The zero-order chi connectivity index (χ0) is 28.9. The number of benzene rings is 2. The lowest BCUT2D eigenvalue weighted by atomic mass is 10.1. The van der Waals surface area contributed by atoms with Gasteiger partial charge in [-0.2, -0.15) is 0 Å². The molecule has 0 saturated carbocycles. The molecule has 0 bridgehead atoms. The second-order valence-electron chi connectivity index (χ2n) is 9.98. The van der Waals surface area contributed by atoms with Crippen molar-refractivity contribution >= 4 is 160 Å². The number of halogens is 4. The van der Waals surface area contributed by atoms with Crippen molar-refractivity contribution in [2.45, 2.75) is 13.8 Å². The van der Waals surface area contributed by atoms with Gasteiger partial charge in [-0.05, 0) is 101 Å². The lowest BCUT2D eigenvalue weighted by Crippen LogP contribution is -1.72. The Morgan fingerprint density at radius 1 is 0.405 bits per heavy atom. The Bertz CT molecular complexity index is 2140. The third kappa shape index (κ3) is 4.66. The summed E-state index contributed by atoms with van der Waals surface area (Å²) in [4.78, 5) is 7.74. The zero-order valence-corrected chi connectivity index (χ0v) is 33.0. The number of hydrogen-bond donors (Lipinski definition) is 0. The Labute approximate surface area is 300 Å². The molecule has 6 aromatic heterocycles. The molecular weight excluding hydrogens is 896 g/mol. The van der Waals surface area contributed by atoms with Crippen LogP contribution in [0.5, 0.6) is 0 Å². The van der Waals surface area contributed by atoms with Gasteiger partial charge in [-0.3, -0.25) is 0 Å². The van der Waals surface area contributed by atoms with Gasteiger partial charge in [0.25, 0.3) is 0 Å². The molecule has 42 heavy (non-hydrogen) atoms. The Balaban J connectivity index is 1.21. The quantitative estimate of drug-likeness (QED) is 0.165. The number of fused-ring (bicyclic) bond motifs is 5. The van der Waals surface area contributed by atoms with Crippen LogP contribution in [0, 0.1) is 13.8 Å². The van der Waals surface area contributed by atoms with Crippen molar-refractivity contribution in [3.05, 3.63) is 89.7 Å². The molecule has 10 heteroatoms. The maximum absolute atomic E-state index is 4.02. The van der Waals surface area contributed by atoms with Crippen LogP contribution in [0.1, 0.15) is 11.1 Å². The van der Waals surface area contributed by atoms with Crippen LogP contribution in [0.3, 0.4) is 0 Å². The SMILES string of the molecule is Cc1ccc(-c2cc(Br)c(-c3sc4c(sc5c6sc(-c7sc(-c8ccc(C)cc8)cc7Br)c(Br)c6sc45)c3Br)s2)cc1. The summed E-state index contributed by atoms with van der Waals surface area (Å²) in [6, 6.07) is 22.1. The maximum Gasteiger partial charge on any atom is 0.0651 e. The average molecular weight is 912 g/mol. The standard InChI is InChI=1S/C32H16Br4S6/c1-13-3-7-15(8-4-13)19-11-17(33)23(37-19)25-21(35)27-29(39-25)31-32(41-27)30-28(42-31)22(36)26(40-30)24-18(34)12-20(38-24)16-9-5-14(2)6-10-16/h3-12H,1-2H3. The van der Waals surface area contributed by atoms with E-state index in [0.29, 0.717) is 0 Å². The molecule has 0 amide bonds. The van der Waals surface area contributed by atoms with Crippen molar-refractivity contribution in [2.75, 3.05) is 0 Å². The fourth-order valence-electron chi connectivity index (χ4n) is 4.93. The predicted molar refractivity (Wildman–Crippen MR) is 208 cm³/mol. The minimum absolute atomic E-state index is 1.15. The number of rotatable bonds is 4. The molecule has 0 spiro atoms. The van der Waals surface area contributed by atoms with Crippen LogP contribution in [0.25, 0.3) is 68.6 Å². The topological polar surface area (TPSA) is 0 Å². The Kier molecular flexibility index (Phi) is 7.54. The van der Waals surface area contributed by atoms with E-state index in [1.165, 1.54) is 88.7 Å². The minimum atomic E-state index is 1.15. The van der Waals surface area contributed by atoms with Gasteiger partial charge in [-0.25, -0.2) is 0 Å². The lowest BCUT2D eigenvalue weighted by molar-refractivity contribution is 1.48. The summed E-state index contributed by atoms with van der Waals surface area (Å²) in [7, 11) is 0. The second kappa shape index (κ2) is 11.0. The van der Waals surface area contributed by atoms with Gasteiger partial charge in [0.15, 0.2) is 0 Å². The van der Waals surface area contributed by atoms with E-state index in [1.54, 1.807) is 0 Å². The molecule has 0 unspecified atom stereocenters. The summed E-state index contributed by atoms with van der Waals surface area (Å²) in [5.74, 6) is 0. The average Bonchev–Trinajstić information content (AvgIpc) is 3.80. The largest absolute Gasteiger partial charge is 0.133 e. The fourth-order valence-corrected chi connectivity index (χ4v) is 17.2. The fraction of sp³-hybridized carbons (Fsp3) is 0.0625. The number of thiophene rings is 6. The Hall–Kier alpha value is -0.660. The summed E-state index contributed by atoms with van der Waals surface area (Å²) < 4.78 is 13.0. The molecule has 0 fully saturated rings. The van der Waals surface area contributed by atoms with E-state index in [1.807, 2.05) is 68.0 Å². The monoisotopic (exact) mass is 908 g/mol. The highest BCUT2D eigenvalue weighted by molar-refractivity contribution is 9.11. The van der Waals surface area contributed by atoms with E-state index in [0.717, 1.165) is 8.95 Å². The molecule has 0 radical (unpaired) electrons. The highest BCUT2D eigenvalue weighted by Gasteiger charge is 2.26. The van der Waals surface area contributed by atoms with Crippen molar-refractivity contribution in [3.63, 3.8) is 0 Å². The highest BCUT2D eigenvalue weighted by Crippen LogP contribution is 2.59. The van der Waals surface area contributed by atoms with Gasteiger partial charge in [0.05, 0.1) is 56.7 Å². The van der Waals surface area contributed by atoms with Crippen molar-refractivity contribution in [2.24, 2.45) is 0 Å². The van der Waals surface area contributed by atoms with Gasteiger partial charge in [-0.1, -0.05) is 59.7 Å². The van der Waals surface area contributed by atoms with E-state index in [2.05, 4.69) is 138 Å². The Morgan fingerprint density at radius 3 is 1.14 bits per heavy atom. The molecule has 8 aromatic rings. The molecule has 0 aliphatic carbocycles. The molecule has 0 nitrogen and oxygen atoms in total.